The van der Waals surface area contributed by atoms with Gasteiger partial charge in [0.2, 0.25) is 5.17 Å². The van der Waals surface area contributed by atoms with Crippen LogP contribution in [0.5, 0.6) is 0 Å². The molecule has 0 fully saturated rings. The zero-order chi connectivity index (χ0) is 21.7. The van der Waals surface area contributed by atoms with Crippen LogP contribution in [-0.4, -0.2) is 36.5 Å². The highest BCUT2D eigenvalue weighted by molar-refractivity contribution is 8.26. The Labute approximate surface area is 176 Å². The van der Waals surface area contributed by atoms with Crippen LogP contribution in [0.25, 0.3) is 11.8 Å². The molecule has 0 saturated carbocycles. The Morgan fingerprint density at radius 3 is 2.63 bits per heavy atom. The monoisotopic (exact) mass is 422 g/mol. The molecule has 4 rings (SSSR count). The molecule has 2 aromatic rings. The predicted molar refractivity (Wildman–Crippen MR) is 117 cm³/mol. The standard InChI is InChI=1S/C20H18N6O3S/c1-10-5-6-15(26(28)29)9-17(10)24-11(2)7-14(12(24)3)8-16-18(21)25-20(22-19(16)27)30-13(4)23-25/h5-9,21H,1-4H3/b16-8+,21-18?. The summed E-state index contributed by atoms with van der Waals surface area (Å²) in [5, 5.41) is 26.3. The van der Waals surface area contributed by atoms with Crippen molar-refractivity contribution >= 4 is 45.5 Å². The second-order valence-electron chi connectivity index (χ2n) is 7.03. The van der Waals surface area contributed by atoms with Crippen LogP contribution in [0, 0.1) is 36.3 Å². The van der Waals surface area contributed by atoms with Crippen molar-refractivity contribution in [3.05, 3.63) is 62.5 Å². The molecule has 0 spiro atoms. The molecule has 2 aliphatic rings. The number of hydrazone groups is 1. The highest BCUT2D eigenvalue weighted by Gasteiger charge is 2.34. The smallest absolute Gasteiger partial charge is 0.283 e. The third-order valence-electron chi connectivity index (χ3n) is 4.97. The second kappa shape index (κ2) is 7.06. The van der Waals surface area contributed by atoms with Crippen LogP contribution in [0.4, 0.5) is 5.69 Å². The number of non-ortho nitro benzene ring substituents is 1. The first-order valence-corrected chi connectivity index (χ1v) is 9.90. The van der Waals surface area contributed by atoms with E-state index in [-0.39, 0.29) is 17.1 Å². The van der Waals surface area contributed by atoms with Gasteiger partial charge in [0.15, 0.2) is 5.84 Å². The molecule has 30 heavy (non-hydrogen) atoms. The third-order valence-corrected chi connectivity index (χ3v) is 5.79. The van der Waals surface area contributed by atoms with Gasteiger partial charge in [-0.05, 0) is 62.7 Å². The van der Waals surface area contributed by atoms with Crippen LogP contribution in [0.15, 0.2) is 39.9 Å². The molecule has 1 aromatic carbocycles. The number of hydrogen-bond donors (Lipinski definition) is 1. The molecule has 9 nitrogen and oxygen atoms in total. The molecule has 0 unspecified atom stereocenters. The first-order chi connectivity index (χ1) is 14.2. The van der Waals surface area contributed by atoms with Crippen LogP contribution < -0.4 is 0 Å². The maximum absolute atomic E-state index is 12.5. The predicted octanol–water partition coefficient (Wildman–Crippen LogP) is 3.95. The number of aliphatic imine (C=N–C) groups is 1. The number of amides is 1. The number of nitrogens with one attached hydrogen (secondary N) is 1. The Bertz CT molecular complexity index is 1240. The SMILES string of the molecule is CC1=NN2C(=N)/C(=C\c3cc(C)n(-c4cc([N+](=O)[O-])ccc4C)c3C)C(=O)N=C2S1. The van der Waals surface area contributed by atoms with Gasteiger partial charge in [0.1, 0.15) is 0 Å². The number of fused-ring (bicyclic) bond motifs is 1. The van der Waals surface area contributed by atoms with E-state index in [0.717, 1.165) is 22.5 Å². The lowest BCUT2D eigenvalue weighted by molar-refractivity contribution is -0.384. The Morgan fingerprint density at radius 1 is 1.20 bits per heavy atom. The van der Waals surface area contributed by atoms with Gasteiger partial charge in [-0.3, -0.25) is 20.3 Å². The number of nitro groups is 1. The summed E-state index contributed by atoms with van der Waals surface area (Å²) in [5.41, 5.74) is 4.13. The van der Waals surface area contributed by atoms with Crippen molar-refractivity contribution in [2.75, 3.05) is 0 Å². The average Bonchev–Trinajstić information content (AvgIpc) is 3.18. The minimum Gasteiger partial charge on any atom is -0.317 e. The molecule has 1 aromatic heterocycles. The minimum absolute atomic E-state index is 0.00821. The van der Waals surface area contributed by atoms with E-state index in [4.69, 9.17) is 5.41 Å². The molecule has 152 valence electrons. The highest BCUT2D eigenvalue weighted by atomic mass is 32.2. The number of rotatable bonds is 3. The maximum Gasteiger partial charge on any atom is 0.283 e. The summed E-state index contributed by atoms with van der Waals surface area (Å²) in [6, 6.07) is 6.61. The fourth-order valence-electron chi connectivity index (χ4n) is 3.50. The third kappa shape index (κ3) is 3.14. The van der Waals surface area contributed by atoms with Crippen LogP contribution in [0.1, 0.15) is 29.4 Å². The lowest BCUT2D eigenvalue weighted by Gasteiger charge is -2.20. The van der Waals surface area contributed by atoms with Crippen molar-refractivity contribution in [3.8, 4) is 5.69 Å². The molecule has 0 aliphatic carbocycles. The summed E-state index contributed by atoms with van der Waals surface area (Å²) in [5.74, 6) is -0.509. The molecular weight excluding hydrogens is 404 g/mol. The topological polar surface area (TPSA) is 117 Å². The fraction of sp³-hybridized carbons (Fsp3) is 0.200. The van der Waals surface area contributed by atoms with Gasteiger partial charge in [0.05, 0.1) is 21.2 Å². The average molecular weight is 422 g/mol. The second-order valence-corrected chi connectivity index (χ2v) is 8.19. The number of aryl methyl sites for hydroxylation is 2. The fourth-order valence-corrected chi connectivity index (χ4v) is 4.23. The zero-order valence-corrected chi connectivity index (χ0v) is 17.6. The summed E-state index contributed by atoms with van der Waals surface area (Å²) < 4.78 is 1.91. The number of nitrogens with zero attached hydrogens (tertiary/aromatic N) is 5. The number of benzene rings is 1. The Morgan fingerprint density at radius 2 is 1.93 bits per heavy atom. The number of aromatic nitrogens is 1. The van der Waals surface area contributed by atoms with E-state index >= 15 is 0 Å². The van der Waals surface area contributed by atoms with Crippen molar-refractivity contribution in [1.29, 1.82) is 5.41 Å². The van der Waals surface area contributed by atoms with Gasteiger partial charge in [-0.15, -0.1) is 0 Å². The summed E-state index contributed by atoms with van der Waals surface area (Å²) in [6.07, 6.45) is 1.63. The van der Waals surface area contributed by atoms with E-state index in [1.54, 1.807) is 19.1 Å². The first kappa shape index (κ1) is 19.8. The van der Waals surface area contributed by atoms with E-state index in [1.807, 2.05) is 31.4 Å². The van der Waals surface area contributed by atoms with Gasteiger partial charge in [0, 0.05) is 23.5 Å². The van der Waals surface area contributed by atoms with Crippen molar-refractivity contribution in [3.63, 3.8) is 0 Å². The maximum atomic E-state index is 12.5. The molecule has 0 saturated heterocycles. The summed E-state index contributed by atoms with van der Waals surface area (Å²) in [4.78, 5) is 27.4. The zero-order valence-electron chi connectivity index (χ0n) is 16.8. The quantitative estimate of drug-likeness (QED) is 0.457. The van der Waals surface area contributed by atoms with E-state index in [0.29, 0.717) is 15.9 Å². The van der Waals surface area contributed by atoms with Crippen LogP contribution in [0.3, 0.4) is 0 Å². The van der Waals surface area contributed by atoms with Crippen molar-refractivity contribution in [2.45, 2.75) is 27.7 Å². The molecule has 2 aliphatic heterocycles. The summed E-state index contributed by atoms with van der Waals surface area (Å²) >= 11 is 1.26. The van der Waals surface area contributed by atoms with Crippen molar-refractivity contribution < 1.29 is 9.72 Å². The lowest BCUT2D eigenvalue weighted by Crippen LogP contribution is -2.35. The van der Waals surface area contributed by atoms with Crippen LogP contribution in [0.2, 0.25) is 0 Å². The van der Waals surface area contributed by atoms with E-state index in [2.05, 4.69) is 10.1 Å². The first-order valence-electron chi connectivity index (χ1n) is 9.08. The summed E-state index contributed by atoms with van der Waals surface area (Å²) in [7, 11) is 0. The number of nitro benzene ring substituents is 1. The number of carbonyl (C=O) groups is 1. The van der Waals surface area contributed by atoms with E-state index in [9.17, 15) is 14.9 Å². The van der Waals surface area contributed by atoms with Gasteiger partial charge in [0.25, 0.3) is 11.6 Å². The number of thioether (sulfide) groups is 1. The van der Waals surface area contributed by atoms with Crippen molar-refractivity contribution in [2.24, 2.45) is 10.1 Å². The van der Waals surface area contributed by atoms with Crippen LogP contribution in [-0.2, 0) is 4.79 Å². The molecule has 3 heterocycles. The summed E-state index contributed by atoms with van der Waals surface area (Å²) in [6.45, 7) is 7.44. The Hall–Kier alpha value is -3.53. The largest absolute Gasteiger partial charge is 0.317 e. The molecule has 0 radical (unpaired) electrons. The van der Waals surface area contributed by atoms with E-state index < -0.39 is 10.8 Å². The Balaban J connectivity index is 1.81. The highest BCUT2D eigenvalue weighted by Crippen LogP contribution is 2.31. The van der Waals surface area contributed by atoms with E-state index in [1.165, 1.54) is 28.9 Å². The number of carbonyl (C=O) groups excluding carboxylic acids is 1. The molecule has 0 atom stereocenters. The number of amidine groups is 2. The molecule has 0 bridgehead atoms. The lowest BCUT2D eigenvalue weighted by atomic mass is 10.1. The van der Waals surface area contributed by atoms with Gasteiger partial charge in [-0.2, -0.15) is 15.1 Å². The minimum atomic E-state index is -0.486. The van der Waals surface area contributed by atoms with Gasteiger partial charge in [-0.1, -0.05) is 6.07 Å². The van der Waals surface area contributed by atoms with Crippen LogP contribution >= 0.6 is 11.8 Å². The van der Waals surface area contributed by atoms with Gasteiger partial charge >= 0.3 is 0 Å². The van der Waals surface area contributed by atoms with Gasteiger partial charge < -0.3 is 4.57 Å². The van der Waals surface area contributed by atoms with Crippen molar-refractivity contribution in [1.82, 2.24) is 9.58 Å². The van der Waals surface area contributed by atoms with Gasteiger partial charge in [-0.25, -0.2) is 0 Å². The molecule has 10 heteroatoms. The molecule has 1 amide bonds. The molecule has 1 N–H and O–H groups in total. The molecular formula is C20H18N6O3S. The normalized spacial score (nSPS) is 17.3. The Kier molecular flexibility index (Phi) is 4.65. The number of hydrogen-bond acceptors (Lipinski definition) is 6.